The summed E-state index contributed by atoms with van der Waals surface area (Å²) in [5.41, 5.74) is -0.789. The molecule has 0 aromatic heterocycles. The highest BCUT2D eigenvalue weighted by Crippen LogP contribution is 2.37. The molecular weight excluding hydrogens is 403 g/mol. The number of nitrogens with zero attached hydrogens (tertiary/aromatic N) is 1. The molecule has 0 bridgehead atoms. The van der Waals surface area contributed by atoms with E-state index < -0.39 is 23.6 Å². The van der Waals surface area contributed by atoms with E-state index >= 15 is 0 Å². The maximum Gasteiger partial charge on any atom is 0.416 e. The molecule has 1 aliphatic heterocycles. The van der Waals surface area contributed by atoms with Crippen LogP contribution in [0.1, 0.15) is 41.6 Å². The standard InChI is InChI=1S/C20H22F3N3O4/c21-20(22,23)13-7-5-12(6-8-13)17(28)25-10-9-24-16(27)11-26-18(29)14-3-1-2-4-15(14)19(26)30/h5-8,14-15H,1-4,9-11H2,(H,24,27)(H,25,28). The molecule has 3 rings (SSSR count). The van der Waals surface area contributed by atoms with Crippen LogP contribution in [-0.4, -0.2) is 48.2 Å². The van der Waals surface area contributed by atoms with Gasteiger partial charge in [-0.05, 0) is 37.1 Å². The molecule has 4 amide bonds. The average Bonchev–Trinajstić information content (AvgIpc) is 2.95. The van der Waals surface area contributed by atoms with Crippen LogP contribution < -0.4 is 10.6 Å². The van der Waals surface area contributed by atoms with Crippen LogP contribution in [0.4, 0.5) is 13.2 Å². The summed E-state index contributed by atoms with van der Waals surface area (Å²) in [6.45, 7) is -0.259. The normalized spacial score (nSPS) is 21.4. The fraction of sp³-hybridized carbons (Fsp3) is 0.500. The predicted molar refractivity (Wildman–Crippen MR) is 99.0 cm³/mol. The number of hydrogen-bond acceptors (Lipinski definition) is 4. The number of carbonyl (C=O) groups is 4. The third kappa shape index (κ3) is 4.80. The van der Waals surface area contributed by atoms with E-state index in [1.165, 1.54) is 0 Å². The molecule has 1 aliphatic carbocycles. The third-order valence-corrected chi connectivity index (χ3v) is 5.44. The summed E-state index contributed by atoms with van der Waals surface area (Å²) >= 11 is 0. The number of alkyl halides is 3. The molecule has 0 spiro atoms. The first-order chi connectivity index (χ1) is 14.2. The van der Waals surface area contributed by atoms with Gasteiger partial charge < -0.3 is 10.6 Å². The summed E-state index contributed by atoms with van der Waals surface area (Å²) in [5, 5.41) is 5.00. The Labute approximate surface area is 171 Å². The van der Waals surface area contributed by atoms with Gasteiger partial charge in [-0.25, -0.2) is 0 Å². The minimum Gasteiger partial charge on any atom is -0.353 e. The Bertz CT molecular complexity index is 815. The number of benzene rings is 1. The number of rotatable bonds is 6. The first-order valence-electron chi connectivity index (χ1n) is 9.76. The van der Waals surface area contributed by atoms with Crippen molar-refractivity contribution in [3.63, 3.8) is 0 Å². The van der Waals surface area contributed by atoms with E-state index in [4.69, 9.17) is 0 Å². The second-order valence-electron chi connectivity index (χ2n) is 7.44. The SMILES string of the molecule is O=C(CN1C(=O)C2CCCCC2C1=O)NCCNC(=O)c1ccc(C(F)(F)F)cc1. The quantitative estimate of drug-likeness (QED) is 0.536. The first-order valence-corrected chi connectivity index (χ1v) is 9.76. The van der Waals surface area contributed by atoms with E-state index in [0.29, 0.717) is 12.8 Å². The van der Waals surface area contributed by atoms with Crippen LogP contribution >= 0.6 is 0 Å². The van der Waals surface area contributed by atoms with E-state index in [2.05, 4.69) is 10.6 Å². The number of halogens is 3. The van der Waals surface area contributed by atoms with Crippen molar-refractivity contribution in [2.75, 3.05) is 19.6 Å². The van der Waals surface area contributed by atoms with Gasteiger partial charge in [0.2, 0.25) is 17.7 Å². The highest BCUT2D eigenvalue weighted by atomic mass is 19.4. The van der Waals surface area contributed by atoms with Crippen molar-refractivity contribution >= 4 is 23.6 Å². The lowest BCUT2D eigenvalue weighted by Crippen LogP contribution is -2.43. The molecule has 1 saturated carbocycles. The van der Waals surface area contributed by atoms with E-state index in [1.54, 1.807) is 0 Å². The lowest BCUT2D eigenvalue weighted by Gasteiger charge is -2.19. The van der Waals surface area contributed by atoms with Crippen LogP contribution in [-0.2, 0) is 20.6 Å². The van der Waals surface area contributed by atoms with Gasteiger partial charge in [0.15, 0.2) is 0 Å². The number of nitrogens with one attached hydrogen (secondary N) is 2. The van der Waals surface area contributed by atoms with Gasteiger partial charge in [0.25, 0.3) is 5.91 Å². The Morgan fingerprint density at radius 1 is 0.933 bits per heavy atom. The molecule has 1 heterocycles. The summed E-state index contributed by atoms with van der Waals surface area (Å²) in [7, 11) is 0. The Kier molecular flexibility index (Phi) is 6.42. The zero-order valence-electron chi connectivity index (χ0n) is 16.1. The average molecular weight is 425 g/mol. The number of fused-ring (bicyclic) bond motifs is 1. The lowest BCUT2D eigenvalue weighted by atomic mass is 9.81. The molecule has 1 aromatic carbocycles. The van der Waals surface area contributed by atoms with Crippen molar-refractivity contribution < 1.29 is 32.3 Å². The van der Waals surface area contributed by atoms with Crippen molar-refractivity contribution in [3.05, 3.63) is 35.4 Å². The molecule has 2 N–H and O–H groups in total. The van der Waals surface area contributed by atoms with E-state index in [-0.39, 0.29) is 48.8 Å². The van der Waals surface area contributed by atoms with Crippen LogP contribution in [0, 0.1) is 11.8 Å². The first kappa shape index (κ1) is 21.8. The molecule has 7 nitrogen and oxygen atoms in total. The number of likely N-dealkylation sites (tertiary alicyclic amines) is 1. The van der Waals surface area contributed by atoms with Crippen LogP contribution in [0.5, 0.6) is 0 Å². The van der Waals surface area contributed by atoms with Crippen LogP contribution in [0.15, 0.2) is 24.3 Å². The lowest BCUT2D eigenvalue weighted by molar-refractivity contribution is -0.143. The highest BCUT2D eigenvalue weighted by molar-refractivity contribution is 6.07. The minimum atomic E-state index is -4.48. The van der Waals surface area contributed by atoms with Crippen molar-refractivity contribution in [2.45, 2.75) is 31.9 Å². The summed E-state index contributed by atoms with van der Waals surface area (Å²) < 4.78 is 37.6. The second kappa shape index (κ2) is 8.85. The fourth-order valence-electron chi connectivity index (χ4n) is 3.88. The van der Waals surface area contributed by atoms with Crippen molar-refractivity contribution in [2.24, 2.45) is 11.8 Å². The molecule has 1 saturated heterocycles. The predicted octanol–water partition coefficient (Wildman–Crippen LogP) is 1.73. The summed E-state index contributed by atoms with van der Waals surface area (Å²) in [5.74, 6) is -2.32. The van der Waals surface area contributed by atoms with E-state index in [9.17, 15) is 32.3 Å². The smallest absolute Gasteiger partial charge is 0.353 e. The Balaban J connectivity index is 1.41. The Morgan fingerprint density at radius 2 is 1.47 bits per heavy atom. The molecule has 2 aliphatic rings. The van der Waals surface area contributed by atoms with Gasteiger partial charge in [-0.2, -0.15) is 13.2 Å². The Hall–Kier alpha value is -2.91. The van der Waals surface area contributed by atoms with Gasteiger partial charge in [-0.15, -0.1) is 0 Å². The number of hydrogen-bond donors (Lipinski definition) is 2. The zero-order valence-corrected chi connectivity index (χ0v) is 16.1. The highest BCUT2D eigenvalue weighted by Gasteiger charge is 2.48. The largest absolute Gasteiger partial charge is 0.416 e. The number of carbonyl (C=O) groups excluding carboxylic acids is 4. The van der Waals surface area contributed by atoms with Crippen LogP contribution in [0.25, 0.3) is 0 Å². The summed E-state index contributed by atoms with van der Waals surface area (Å²) in [6.07, 6.45) is -1.33. The molecule has 30 heavy (non-hydrogen) atoms. The Morgan fingerprint density at radius 3 is 2.00 bits per heavy atom. The molecule has 10 heteroatoms. The van der Waals surface area contributed by atoms with Crippen molar-refractivity contribution in [1.82, 2.24) is 15.5 Å². The topological polar surface area (TPSA) is 95.6 Å². The van der Waals surface area contributed by atoms with Gasteiger partial charge in [0.1, 0.15) is 6.54 Å². The monoisotopic (exact) mass is 425 g/mol. The molecular formula is C20H22F3N3O4. The fourth-order valence-corrected chi connectivity index (χ4v) is 3.88. The van der Waals surface area contributed by atoms with Crippen LogP contribution in [0.2, 0.25) is 0 Å². The minimum absolute atomic E-state index is 0.0404. The summed E-state index contributed by atoms with van der Waals surface area (Å²) in [4.78, 5) is 49.7. The maximum atomic E-state index is 12.5. The van der Waals surface area contributed by atoms with Gasteiger partial charge >= 0.3 is 6.18 Å². The third-order valence-electron chi connectivity index (χ3n) is 5.44. The second-order valence-corrected chi connectivity index (χ2v) is 7.44. The van der Waals surface area contributed by atoms with Gasteiger partial charge in [-0.3, -0.25) is 24.1 Å². The van der Waals surface area contributed by atoms with E-state index in [0.717, 1.165) is 42.0 Å². The molecule has 0 radical (unpaired) electrons. The van der Waals surface area contributed by atoms with Gasteiger partial charge in [0, 0.05) is 18.7 Å². The maximum absolute atomic E-state index is 12.5. The van der Waals surface area contributed by atoms with Gasteiger partial charge in [0.05, 0.1) is 17.4 Å². The summed E-state index contributed by atoms with van der Waals surface area (Å²) in [6, 6.07) is 3.78. The van der Waals surface area contributed by atoms with Crippen molar-refractivity contribution in [3.8, 4) is 0 Å². The number of imide groups is 1. The number of amides is 4. The molecule has 2 unspecified atom stereocenters. The van der Waals surface area contributed by atoms with Crippen molar-refractivity contribution in [1.29, 1.82) is 0 Å². The van der Waals surface area contributed by atoms with Crippen LogP contribution in [0.3, 0.4) is 0 Å². The molecule has 1 aromatic rings. The molecule has 2 fully saturated rings. The van der Waals surface area contributed by atoms with Gasteiger partial charge in [-0.1, -0.05) is 12.8 Å². The van der Waals surface area contributed by atoms with E-state index in [1.807, 2.05) is 0 Å². The molecule has 162 valence electrons. The molecule has 2 atom stereocenters. The zero-order chi connectivity index (χ0) is 21.9.